The third kappa shape index (κ3) is 2.69. The number of ether oxygens (including phenoxy) is 1. The summed E-state index contributed by atoms with van der Waals surface area (Å²) in [4.78, 5) is 22.2. The van der Waals surface area contributed by atoms with Crippen LogP contribution >= 0.6 is 0 Å². The number of ketones is 1. The molecule has 1 aromatic carbocycles. The third-order valence-corrected chi connectivity index (χ3v) is 1.87. The summed E-state index contributed by atoms with van der Waals surface area (Å²) in [5.74, 6) is -0.623. The molecule has 3 nitrogen and oxygen atoms in total. The van der Waals surface area contributed by atoms with Gasteiger partial charge in [0.1, 0.15) is 0 Å². The highest BCUT2D eigenvalue weighted by Crippen LogP contribution is 2.03. The van der Waals surface area contributed by atoms with E-state index in [0.717, 1.165) is 0 Å². The number of esters is 1. The van der Waals surface area contributed by atoms with Crippen molar-refractivity contribution in [2.75, 3.05) is 0 Å². The van der Waals surface area contributed by atoms with Gasteiger partial charge in [-0.3, -0.25) is 4.79 Å². The topological polar surface area (TPSA) is 43.4 Å². The van der Waals surface area contributed by atoms with E-state index in [4.69, 9.17) is 4.74 Å². The smallest absolute Gasteiger partial charge is 0.338 e. The molecule has 0 bridgehead atoms. The van der Waals surface area contributed by atoms with Crippen molar-refractivity contribution >= 4 is 11.8 Å². The lowest BCUT2D eigenvalue weighted by atomic mass is 10.2. The van der Waals surface area contributed by atoms with Gasteiger partial charge in [0.05, 0.1) is 5.56 Å². The zero-order chi connectivity index (χ0) is 10.6. The predicted octanol–water partition coefficient (Wildman–Crippen LogP) is 1.82. The van der Waals surface area contributed by atoms with Crippen LogP contribution in [0.15, 0.2) is 30.3 Å². The van der Waals surface area contributed by atoms with E-state index in [2.05, 4.69) is 0 Å². The van der Waals surface area contributed by atoms with Crippen LogP contribution in [0.1, 0.15) is 24.2 Å². The van der Waals surface area contributed by atoms with Gasteiger partial charge in [0.2, 0.25) is 0 Å². The average molecular weight is 192 g/mol. The van der Waals surface area contributed by atoms with Crippen molar-refractivity contribution in [2.24, 2.45) is 0 Å². The number of benzene rings is 1. The van der Waals surface area contributed by atoms with Crippen molar-refractivity contribution in [3.63, 3.8) is 0 Å². The summed E-state index contributed by atoms with van der Waals surface area (Å²) >= 11 is 0. The highest BCUT2D eigenvalue weighted by Gasteiger charge is 2.14. The maximum atomic E-state index is 11.4. The second-order valence-electron chi connectivity index (χ2n) is 3.02. The summed E-state index contributed by atoms with van der Waals surface area (Å²) in [6, 6.07) is 8.60. The standard InChI is InChI=1S/C11H12O3/c1-8(12)9(2)14-11(13)10-6-4-3-5-7-10/h3-7,9H,1-2H3/t9-/m1/s1. The first-order valence-corrected chi connectivity index (χ1v) is 4.37. The van der Waals surface area contributed by atoms with E-state index in [1.807, 2.05) is 6.07 Å². The van der Waals surface area contributed by atoms with Gasteiger partial charge < -0.3 is 4.74 Å². The molecule has 1 atom stereocenters. The molecule has 0 amide bonds. The lowest BCUT2D eigenvalue weighted by molar-refractivity contribution is -0.124. The number of hydrogen-bond acceptors (Lipinski definition) is 3. The molecule has 1 aromatic rings. The van der Waals surface area contributed by atoms with Crippen LogP contribution in [-0.4, -0.2) is 17.9 Å². The van der Waals surface area contributed by atoms with Gasteiger partial charge in [-0.15, -0.1) is 0 Å². The van der Waals surface area contributed by atoms with Gasteiger partial charge in [-0.05, 0) is 26.0 Å². The summed E-state index contributed by atoms with van der Waals surface area (Å²) in [5, 5.41) is 0. The first-order valence-electron chi connectivity index (χ1n) is 4.37. The Labute approximate surface area is 82.7 Å². The molecule has 74 valence electrons. The van der Waals surface area contributed by atoms with E-state index in [-0.39, 0.29) is 5.78 Å². The van der Waals surface area contributed by atoms with Crippen LogP contribution in [0.3, 0.4) is 0 Å². The Kier molecular flexibility index (Phi) is 3.40. The average Bonchev–Trinajstić information content (AvgIpc) is 2.19. The van der Waals surface area contributed by atoms with Crippen LogP contribution in [0.25, 0.3) is 0 Å². The van der Waals surface area contributed by atoms with E-state index >= 15 is 0 Å². The monoisotopic (exact) mass is 192 g/mol. The van der Waals surface area contributed by atoms with Crippen LogP contribution in [-0.2, 0) is 9.53 Å². The van der Waals surface area contributed by atoms with Crippen LogP contribution in [0, 0.1) is 0 Å². The van der Waals surface area contributed by atoms with E-state index in [9.17, 15) is 9.59 Å². The summed E-state index contributed by atoms with van der Waals surface area (Å²) < 4.78 is 4.91. The molecule has 0 heterocycles. The molecule has 0 aliphatic heterocycles. The maximum Gasteiger partial charge on any atom is 0.338 e. The Hall–Kier alpha value is -1.64. The first kappa shape index (κ1) is 10.4. The first-order chi connectivity index (χ1) is 6.61. The summed E-state index contributed by atoms with van der Waals surface area (Å²) in [7, 11) is 0. The van der Waals surface area contributed by atoms with Crippen LogP contribution in [0.5, 0.6) is 0 Å². The zero-order valence-electron chi connectivity index (χ0n) is 8.19. The summed E-state index contributed by atoms with van der Waals surface area (Å²) in [6.07, 6.45) is -0.678. The minimum atomic E-state index is -0.678. The quantitative estimate of drug-likeness (QED) is 0.686. The van der Waals surface area contributed by atoms with Crippen molar-refractivity contribution in [3.05, 3.63) is 35.9 Å². The van der Waals surface area contributed by atoms with Crippen molar-refractivity contribution in [2.45, 2.75) is 20.0 Å². The molecule has 0 aliphatic rings. The van der Waals surface area contributed by atoms with Gasteiger partial charge in [0.25, 0.3) is 0 Å². The minimum Gasteiger partial charge on any atom is -0.451 e. The van der Waals surface area contributed by atoms with Crippen LogP contribution in [0.4, 0.5) is 0 Å². The highest BCUT2D eigenvalue weighted by atomic mass is 16.5. The molecule has 0 unspecified atom stereocenters. The van der Waals surface area contributed by atoms with Gasteiger partial charge in [-0.25, -0.2) is 4.79 Å². The van der Waals surface area contributed by atoms with Gasteiger partial charge in [0.15, 0.2) is 11.9 Å². The third-order valence-electron chi connectivity index (χ3n) is 1.87. The normalized spacial score (nSPS) is 11.9. The predicted molar refractivity (Wildman–Crippen MR) is 52.0 cm³/mol. The lowest BCUT2D eigenvalue weighted by Crippen LogP contribution is -2.21. The summed E-state index contributed by atoms with van der Waals surface area (Å²) in [5.41, 5.74) is 0.459. The molecule has 0 N–H and O–H groups in total. The molecule has 0 radical (unpaired) electrons. The molecule has 3 heteroatoms. The van der Waals surface area contributed by atoms with E-state index in [1.54, 1.807) is 31.2 Å². The fourth-order valence-corrected chi connectivity index (χ4v) is 0.886. The number of carbonyl (C=O) groups is 2. The van der Waals surface area contributed by atoms with Gasteiger partial charge in [-0.2, -0.15) is 0 Å². The Bertz CT molecular complexity index is 330. The fraction of sp³-hybridized carbons (Fsp3) is 0.273. The molecule has 0 aliphatic carbocycles. The van der Waals surface area contributed by atoms with Gasteiger partial charge in [-0.1, -0.05) is 18.2 Å². The van der Waals surface area contributed by atoms with Gasteiger partial charge >= 0.3 is 5.97 Å². The van der Waals surface area contributed by atoms with E-state index < -0.39 is 12.1 Å². The Morgan fingerprint density at radius 1 is 1.21 bits per heavy atom. The fourth-order valence-electron chi connectivity index (χ4n) is 0.886. The largest absolute Gasteiger partial charge is 0.451 e. The van der Waals surface area contributed by atoms with Crippen LogP contribution in [0.2, 0.25) is 0 Å². The Morgan fingerprint density at radius 3 is 2.29 bits per heavy atom. The van der Waals surface area contributed by atoms with Crippen molar-refractivity contribution in [1.82, 2.24) is 0 Å². The van der Waals surface area contributed by atoms with Crippen LogP contribution < -0.4 is 0 Å². The van der Waals surface area contributed by atoms with Crippen molar-refractivity contribution < 1.29 is 14.3 Å². The molecule has 0 saturated heterocycles. The van der Waals surface area contributed by atoms with E-state index in [1.165, 1.54) is 6.92 Å². The second-order valence-corrected chi connectivity index (χ2v) is 3.02. The SMILES string of the molecule is CC(=O)[C@@H](C)OC(=O)c1ccccc1. The van der Waals surface area contributed by atoms with E-state index in [0.29, 0.717) is 5.56 Å². The minimum absolute atomic E-state index is 0.158. The van der Waals surface area contributed by atoms with Crippen molar-refractivity contribution in [3.8, 4) is 0 Å². The van der Waals surface area contributed by atoms with Crippen molar-refractivity contribution in [1.29, 1.82) is 0 Å². The zero-order valence-corrected chi connectivity index (χ0v) is 8.19. The molecular weight excluding hydrogens is 180 g/mol. The molecule has 0 spiro atoms. The Balaban J connectivity index is 2.64. The number of carbonyl (C=O) groups excluding carboxylic acids is 2. The maximum absolute atomic E-state index is 11.4. The molecular formula is C11H12O3. The molecule has 14 heavy (non-hydrogen) atoms. The number of rotatable bonds is 3. The summed E-state index contributed by atoms with van der Waals surface area (Å²) in [6.45, 7) is 2.95. The molecule has 1 rings (SSSR count). The number of Topliss-reactive ketones (excluding diaryl/α,β-unsaturated/α-hetero) is 1. The van der Waals surface area contributed by atoms with Gasteiger partial charge in [0, 0.05) is 0 Å². The molecule has 0 fully saturated rings. The lowest BCUT2D eigenvalue weighted by Gasteiger charge is -2.09. The highest BCUT2D eigenvalue weighted by molar-refractivity contribution is 5.92. The molecule has 0 saturated carbocycles. The molecule has 0 aromatic heterocycles. The second kappa shape index (κ2) is 4.56. The Morgan fingerprint density at radius 2 is 1.79 bits per heavy atom. The number of hydrogen-bond donors (Lipinski definition) is 0.